The molecule has 1 aromatic rings. The molecule has 2 heterocycles. The van der Waals surface area contributed by atoms with Crippen molar-refractivity contribution in [3.05, 3.63) is 46.1 Å². The van der Waals surface area contributed by atoms with Crippen LogP contribution in [-0.4, -0.2) is 33.9 Å². The monoisotopic (exact) mass is 401 g/mol. The van der Waals surface area contributed by atoms with Crippen molar-refractivity contribution in [2.45, 2.75) is 64.3 Å². The van der Waals surface area contributed by atoms with Gasteiger partial charge in [-0.2, -0.15) is 5.10 Å². The zero-order valence-electron chi connectivity index (χ0n) is 16.9. The van der Waals surface area contributed by atoms with Gasteiger partial charge in [-0.15, -0.1) is 0 Å². The highest BCUT2D eigenvalue weighted by atomic mass is 16.5. The highest BCUT2D eigenvalue weighted by Crippen LogP contribution is 2.23. The molecule has 1 unspecified atom stereocenters. The Balaban J connectivity index is 1.63. The topological polar surface area (TPSA) is 93.5 Å². The molecule has 2 aliphatic rings. The number of aromatic nitrogens is 2. The van der Waals surface area contributed by atoms with Crippen molar-refractivity contribution in [1.29, 1.82) is 0 Å². The minimum absolute atomic E-state index is 0.241. The van der Waals surface area contributed by atoms with Gasteiger partial charge in [-0.1, -0.05) is 25.3 Å². The highest BCUT2D eigenvalue weighted by molar-refractivity contribution is 5.92. The van der Waals surface area contributed by atoms with Gasteiger partial charge >= 0.3 is 0 Å². The average Bonchev–Trinajstić information content (AvgIpc) is 2.71. The second-order valence-corrected chi connectivity index (χ2v) is 7.79. The third-order valence-electron chi connectivity index (χ3n) is 5.37. The van der Waals surface area contributed by atoms with Gasteiger partial charge in [0, 0.05) is 13.1 Å². The first kappa shape index (κ1) is 21.1. The zero-order valence-corrected chi connectivity index (χ0v) is 16.9. The fourth-order valence-corrected chi connectivity index (χ4v) is 3.71. The maximum absolute atomic E-state index is 12.3. The Hall–Kier alpha value is -2.57. The van der Waals surface area contributed by atoms with Crippen molar-refractivity contribution >= 4 is 5.91 Å². The van der Waals surface area contributed by atoms with E-state index in [9.17, 15) is 14.7 Å². The number of amides is 1. The summed E-state index contributed by atoms with van der Waals surface area (Å²) in [6, 6.07) is 0. The summed E-state index contributed by atoms with van der Waals surface area (Å²) >= 11 is 0. The predicted molar refractivity (Wildman–Crippen MR) is 111 cm³/mol. The van der Waals surface area contributed by atoms with Gasteiger partial charge in [-0.25, -0.2) is 0 Å². The van der Waals surface area contributed by atoms with E-state index in [1.807, 2.05) is 0 Å². The van der Waals surface area contributed by atoms with Gasteiger partial charge in [0.05, 0.1) is 12.8 Å². The van der Waals surface area contributed by atoms with E-state index in [1.165, 1.54) is 10.9 Å². The molecule has 0 saturated heterocycles. The van der Waals surface area contributed by atoms with Crippen LogP contribution in [0.25, 0.3) is 0 Å². The lowest BCUT2D eigenvalue weighted by Gasteiger charge is -2.17. The van der Waals surface area contributed by atoms with Gasteiger partial charge in [0.2, 0.25) is 0 Å². The Bertz CT molecular complexity index is 813. The number of allylic oxidation sites excluding steroid dienone is 3. The number of carbonyl (C=O) groups is 1. The Morgan fingerprint density at radius 1 is 1.10 bits per heavy atom. The standard InChI is InChI=1S/C22H31N3O4/c26-19-16-25-13-6-2-1-4-9-17-10-8-11-18(15-17)29-14-7-3-5-12-23-22(28)20(24-25)21(19)27/h8,11,15-17,26H,1-7,9-10,12-14H2,(H,23,28). The van der Waals surface area contributed by atoms with Gasteiger partial charge < -0.3 is 15.2 Å². The molecule has 7 nitrogen and oxygen atoms in total. The van der Waals surface area contributed by atoms with Crippen LogP contribution in [0.1, 0.15) is 68.3 Å². The molecule has 0 fully saturated rings. The second-order valence-electron chi connectivity index (χ2n) is 7.79. The molecule has 0 radical (unpaired) electrons. The summed E-state index contributed by atoms with van der Waals surface area (Å²) in [7, 11) is 0. The largest absolute Gasteiger partial charge is 0.503 e. The molecular weight excluding hydrogens is 370 g/mol. The van der Waals surface area contributed by atoms with Gasteiger partial charge in [0.25, 0.3) is 11.3 Å². The molecule has 0 aromatic carbocycles. The van der Waals surface area contributed by atoms with Crippen molar-refractivity contribution in [3.8, 4) is 5.75 Å². The zero-order chi connectivity index (χ0) is 20.5. The molecule has 7 heteroatoms. The number of ether oxygens (including phenoxy) is 1. The smallest absolute Gasteiger partial charge is 0.275 e. The molecule has 1 atom stereocenters. The molecule has 2 N–H and O–H groups in total. The first-order valence-electron chi connectivity index (χ1n) is 10.7. The summed E-state index contributed by atoms with van der Waals surface area (Å²) in [5, 5.41) is 16.8. The third kappa shape index (κ3) is 6.48. The second kappa shape index (κ2) is 10.8. The van der Waals surface area contributed by atoms with Gasteiger partial charge in [-0.05, 0) is 56.6 Å². The number of nitrogens with zero attached hydrogens (tertiary/aromatic N) is 2. The lowest BCUT2D eigenvalue weighted by atomic mass is 9.93. The minimum Gasteiger partial charge on any atom is -0.503 e. The van der Waals surface area contributed by atoms with E-state index in [0.717, 1.165) is 63.5 Å². The molecule has 1 amide bonds. The van der Waals surface area contributed by atoms with Crippen molar-refractivity contribution in [2.75, 3.05) is 13.2 Å². The number of rotatable bonds is 0. The van der Waals surface area contributed by atoms with E-state index >= 15 is 0 Å². The quantitative estimate of drug-likeness (QED) is 0.696. The van der Waals surface area contributed by atoms with Gasteiger partial charge in [0.15, 0.2) is 11.4 Å². The number of fused-ring (bicyclic) bond motifs is 3. The van der Waals surface area contributed by atoms with E-state index in [-0.39, 0.29) is 5.69 Å². The summed E-state index contributed by atoms with van der Waals surface area (Å²) in [6.07, 6.45) is 16.9. The van der Waals surface area contributed by atoms with E-state index in [2.05, 4.69) is 28.6 Å². The normalized spacial score (nSPS) is 22.1. The average molecular weight is 402 g/mol. The Kier molecular flexibility index (Phi) is 7.90. The Morgan fingerprint density at radius 3 is 2.83 bits per heavy atom. The fraction of sp³-hybridized carbons (Fsp3) is 0.591. The molecule has 29 heavy (non-hydrogen) atoms. The maximum Gasteiger partial charge on any atom is 0.275 e. The lowest BCUT2D eigenvalue weighted by Crippen LogP contribution is -2.32. The minimum atomic E-state index is -0.720. The van der Waals surface area contributed by atoms with Crippen LogP contribution >= 0.6 is 0 Å². The SMILES string of the molecule is O=C1NCCCCCOC2=CC(CC=C2)CCCCCCn2cc(O)c(=O)c1n2. The summed E-state index contributed by atoms with van der Waals surface area (Å²) in [4.78, 5) is 24.4. The summed E-state index contributed by atoms with van der Waals surface area (Å²) in [6.45, 7) is 1.69. The first-order valence-corrected chi connectivity index (χ1v) is 10.7. The Morgan fingerprint density at radius 2 is 1.93 bits per heavy atom. The molecule has 3 rings (SSSR count). The van der Waals surface area contributed by atoms with Crippen molar-refractivity contribution in [3.63, 3.8) is 0 Å². The number of aromatic hydroxyl groups is 1. The Labute approximate surface area is 171 Å². The maximum atomic E-state index is 12.3. The van der Waals surface area contributed by atoms with E-state index in [1.54, 1.807) is 0 Å². The van der Waals surface area contributed by atoms with Crippen LogP contribution in [-0.2, 0) is 11.3 Å². The molecular formula is C22H31N3O4. The van der Waals surface area contributed by atoms with Crippen molar-refractivity contribution in [2.24, 2.45) is 5.92 Å². The van der Waals surface area contributed by atoms with E-state index in [0.29, 0.717) is 25.6 Å². The summed E-state index contributed by atoms with van der Waals surface area (Å²) in [5.74, 6) is 0.565. The third-order valence-corrected chi connectivity index (χ3v) is 5.37. The lowest BCUT2D eigenvalue weighted by molar-refractivity contribution is 0.0943. The van der Waals surface area contributed by atoms with Crippen LogP contribution in [0.4, 0.5) is 0 Å². The summed E-state index contributed by atoms with van der Waals surface area (Å²) in [5.41, 5.74) is -0.962. The first-order chi connectivity index (χ1) is 14.1. The van der Waals surface area contributed by atoms with Crippen LogP contribution in [0.15, 0.2) is 35.0 Å². The number of nitrogens with one attached hydrogen (secondary N) is 1. The molecule has 4 bridgehead atoms. The van der Waals surface area contributed by atoms with Crippen LogP contribution < -0.4 is 10.7 Å². The van der Waals surface area contributed by atoms with Crippen LogP contribution in [0.3, 0.4) is 0 Å². The van der Waals surface area contributed by atoms with Crippen LogP contribution in [0.2, 0.25) is 0 Å². The number of hydrogen-bond donors (Lipinski definition) is 2. The molecule has 1 aliphatic heterocycles. The van der Waals surface area contributed by atoms with Crippen molar-refractivity contribution in [1.82, 2.24) is 15.1 Å². The molecule has 1 aromatic heterocycles. The van der Waals surface area contributed by atoms with Gasteiger partial charge in [-0.3, -0.25) is 14.3 Å². The number of carbonyl (C=O) groups excluding carboxylic acids is 1. The highest BCUT2D eigenvalue weighted by Gasteiger charge is 2.16. The van der Waals surface area contributed by atoms with Crippen LogP contribution in [0, 0.1) is 5.92 Å². The van der Waals surface area contributed by atoms with Crippen molar-refractivity contribution < 1.29 is 14.6 Å². The molecule has 158 valence electrons. The van der Waals surface area contributed by atoms with E-state index < -0.39 is 17.1 Å². The van der Waals surface area contributed by atoms with E-state index in [4.69, 9.17) is 4.74 Å². The molecule has 0 saturated carbocycles. The predicted octanol–water partition coefficient (Wildman–Crippen LogP) is 3.29. The van der Waals surface area contributed by atoms with Crippen LogP contribution in [0.5, 0.6) is 5.75 Å². The molecule has 0 spiro atoms. The number of aryl methyl sites for hydroxylation is 1. The number of hydrogen-bond acceptors (Lipinski definition) is 5. The summed E-state index contributed by atoms with van der Waals surface area (Å²) < 4.78 is 7.38. The molecule has 1 aliphatic carbocycles. The van der Waals surface area contributed by atoms with Gasteiger partial charge in [0.1, 0.15) is 5.76 Å². The fourth-order valence-electron chi connectivity index (χ4n) is 3.71.